The maximum absolute atomic E-state index is 11.3. The quantitative estimate of drug-likeness (QED) is 0.435. The predicted molar refractivity (Wildman–Crippen MR) is 52.8 cm³/mol. The van der Waals surface area contributed by atoms with Gasteiger partial charge in [0.2, 0.25) is 0 Å². The van der Waals surface area contributed by atoms with E-state index in [1.165, 1.54) is 6.07 Å². The number of carbonyl (C=O) groups excluding carboxylic acids is 1. The lowest BCUT2D eigenvalue weighted by Crippen LogP contribution is -2.08. The molecule has 1 aromatic rings. The molecule has 1 rings (SSSR count). The van der Waals surface area contributed by atoms with Crippen LogP contribution in [0.3, 0.4) is 0 Å². The zero-order chi connectivity index (χ0) is 11.4. The number of carbonyl (C=O) groups is 1. The SMILES string of the molecule is NCCC(=O)c1ccc([N+](=O)[O-])c(O)c1. The Morgan fingerprint density at radius 3 is 2.67 bits per heavy atom. The van der Waals surface area contributed by atoms with Gasteiger partial charge in [-0.15, -0.1) is 0 Å². The van der Waals surface area contributed by atoms with E-state index in [9.17, 15) is 20.0 Å². The first-order chi connectivity index (χ1) is 7.06. The third kappa shape index (κ3) is 2.50. The maximum atomic E-state index is 11.3. The van der Waals surface area contributed by atoms with Gasteiger partial charge in [-0.3, -0.25) is 14.9 Å². The van der Waals surface area contributed by atoms with E-state index in [-0.39, 0.29) is 24.3 Å². The molecule has 6 nitrogen and oxygen atoms in total. The number of rotatable bonds is 4. The second-order valence-corrected chi connectivity index (χ2v) is 2.92. The van der Waals surface area contributed by atoms with Crippen molar-refractivity contribution in [2.75, 3.05) is 6.54 Å². The molecular weight excluding hydrogens is 200 g/mol. The van der Waals surface area contributed by atoms with Crippen LogP contribution in [0, 0.1) is 10.1 Å². The summed E-state index contributed by atoms with van der Waals surface area (Å²) in [6.07, 6.45) is 0.150. The zero-order valence-corrected chi connectivity index (χ0v) is 7.84. The number of nitrogens with two attached hydrogens (primary N) is 1. The Morgan fingerprint density at radius 1 is 1.53 bits per heavy atom. The fourth-order valence-corrected chi connectivity index (χ4v) is 1.13. The molecule has 0 spiro atoms. The number of hydrogen-bond acceptors (Lipinski definition) is 5. The highest BCUT2D eigenvalue weighted by atomic mass is 16.6. The van der Waals surface area contributed by atoms with Gasteiger partial charge in [-0.05, 0) is 18.7 Å². The zero-order valence-electron chi connectivity index (χ0n) is 7.84. The molecule has 0 unspecified atom stereocenters. The molecular formula is C9H10N2O4. The Morgan fingerprint density at radius 2 is 2.20 bits per heavy atom. The van der Waals surface area contributed by atoms with Crippen molar-refractivity contribution in [3.05, 3.63) is 33.9 Å². The van der Waals surface area contributed by atoms with Gasteiger partial charge >= 0.3 is 5.69 Å². The molecule has 0 aliphatic rings. The van der Waals surface area contributed by atoms with Gasteiger partial charge in [0.25, 0.3) is 0 Å². The molecule has 0 aromatic heterocycles. The average molecular weight is 210 g/mol. The number of nitrogens with zero attached hydrogens (tertiary/aromatic N) is 1. The van der Waals surface area contributed by atoms with Gasteiger partial charge in [0, 0.05) is 18.1 Å². The minimum Gasteiger partial charge on any atom is -0.502 e. The van der Waals surface area contributed by atoms with E-state index in [1.807, 2.05) is 0 Å². The first-order valence-corrected chi connectivity index (χ1v) is 4.27. The summed E-state index contributed by atoms with van der Waals surface area (Å²) in [6, 6.07) is 3.48. The number of phenolic OH excluding ortho intramolecular Hbond substituents is 1. The van der Waals surface area contributed by atoms with Crippen LogP contribution in [-0.4, -0.2) is 22.4 Å². The number of nitro groups is 1. The molecule has 0 atom stereocenters. The normalized spacial score (nSPS) is 9.93. The Labute approximate surface area is 85.5 Å². The van der Waals surface area contributed by atoms with Crippen LogP contribution in [-0.2, 0) is 0 Å². The van der Waals surface area contributed by atoms with E-state index >= 15 is 0 Å². The standard InChI is InChI=1S/C9H10N2O4/c10-4-3-8(12)6-1-2-7(11(14)15)9(13)5-6/h1-2,5,13H,3-4,10H2. The fourth-order valence-electron chi connectivity index (χ4n) is 1.13. The van der Waals surface area contributed by atoms with Crippen LogP contribution in [0.1, 0.15) is 16.8 Å². The van der Waals surface area contributed by atoms with Crippen LogP contribution in [0.15, 0.2) is 18.2 Å². The number of phenols is 1. The molecule has 15 heavy (non-hydrogen) atoms. The summed E-state index contributed by atoms with van der Waals surface area (Å²) in [5.41, 5.74) is 5.00. The van der Waals surface area contributed by atoms with Crippen LogP contribution in [0.25, 0.3) is 0 Å². The Balaban J connectivity index is 3.01. The van der Waals surface area contributed by atoms with Gasteiger partial charge in [0.15, 0.2) is 11.5 Å². The average Bonchev–Trinajstić information content (AvgIpc) is 2.17. The van der Waals surface area contributed by atoms with E-state index in [2.05, 4.69) is 0 Å². The molecule has 6 heteroatoms. The third-order valence-corrected chi connectivity index (χ3v) is 1.87. The Hall–Kier alpha value is -1.95. The summed E-state index contributed by atoms with van der Waals surface area (Å²) in [7, 11) is 0. The van der Waals surface area contributed by atoms with Crippen LogP contribution in [0.5, 0.6) is 5.75 Å². The first-order valence-electron chi connectivity index (χ1n) is 4.27. The van der Waals surface area contributed by atoms with E-state index in [4.69, 9.17) is 5.73 Å². The third-order valence-electron chi connectivity index (χ3n) is 1.87. The number of nitro benzene ring substituents is 1. The fraction of sp³-hybridized carbons (Fsp3) is 0.222. The van der Waals surface area contributed by atoms with Crippen molar-refractivity contribution in [2.24, 2.45) is 5.73 Å². The summed E-state index contributed by atoms with van der Waals surface area (Å²) >= 11 is 0. The minimum absolute atomic E-state index is 0.150. The van der Waals surface area contributed by atoms with Crippen LogP contribution >= 0.6 is 0 Å². The van der Waals surface area contributed by atoms with E-state index < -0.39 is 16.4 Å². The van der Waals surface area contributed by atoms with Crippen molar-refractivity contribution in [1.82, 2.24) is 0 Å². The lowest BCUT2D eigenvalue weighted by atomic mass is 10.1. The monoisotopic (exact) mass is 210 g/mol. The molecule has 0 bridgehead atoms. The summed E-state index contributed by atoms with van der Waals surface area (Å²) in [5, 5.41) is 19.6. The molecule has 3 N–H and O–H groups in total. The molecule has 80 valence electrons. The molecule has 0 radical (unpaired) electrons. The first kappa shape index (κ1) is 11.1. The van der Waals surface area contributed by atoms with E-state index in [1.54, 1.807) is 0 Å². The van der Waals surface area contributed by atoms with E-state index in [0.29, 0.717) is 0 Å². The lowest BCUT2D eigenvalue weighted by Gasteiger charge is -2.00. The number of ketones is 1. The summed E-state index contributed by atoms with van der Waals surface area (Å²) in [5.74, 6) is -0.759. The number of aromatic hydroxyl groups is 1. The molecule has 0 saturated carbocycles. The number of hydrogen-bond donors (Lipinski definition) is 2. The molecule has 1 aromatic carbocycles. The lowest BCUT2D eigenvalue weighted by molar-refractivity contribution is -0.385. The molecule has 0 aliphatic heterocycles. The maximum Gasteiger partial charge on any atom is 0.310 e. The largest absolute Gasteiger partial charge is 0.502 e. The van der Waals surface area contributed by atoms with Crippen molar-refractivity contribution in [2.45, 2.75) is 6.42 Å². The summed E-state index contributed by atoms with van der Waals surface area (Å²) in [6.45, 7) is 0.205. The topological polar surface area (TPSA) is 106 Å². The highest BCUT2D eigenvalue weighted by Gasteiger charge is 2.15. The number of Topliss-reactive ketones (excluding diaryl/α,β-unsaturated/α-hetero) is 1. The van der Waals surface area contributed by atoms with Crippen molar-refractivity contribution in [3.63, 3.8) is 0 Å². The van der Waals surface area contributed by atoms with Crippen molar-refractivity contribution in [1.29, 1.82) is 0 Å². The van der Waals surface area contributed by atoms with Crippen LogP contribution in [0.4, 0.5) is 5.69 Å². The second kappa shape index (κ2) is 4.52. The van der Waals surface area contributed by atoms with Crippen molar-refractivity contribution in [3.8, 4) is 5.75 Å². The van der Waals surface area contributed by atoms with Gasteiger partial charge in [0.1, 0.15) is 0 Å². The highest BCUT2D eigenvalue weighted by molar-refractivity contribution is 5.96. The van der Waals surface area contributed by atoms with Crippen LogP contribution < -0.4 is 5.73 Å². The van der Waals surface area contributed by atoms with Crippen molar-refractivity contribution < 1.29 is 14.8 Å². The number of benzene rings is 1. The van der Waals surface area contributed by atoms with Gasteiger partial charge in [-0.2, -0.15) is 0 Å². The highest BCUT2D eigenvalue weighted by Crippen LogP contribution is 2.26. The molecule has 0 saturated heterocycles. The van der Waals surface area contributed by atoms with Gasteiger partial charge in [-0.1, -0.05) is 0 Å². The predicted octanol–water partition coefficient (Wildman–Crippen LogP) is 0.832. The summed E-state index contributed by atoms with van der Waals surface area (Å²) in [4.78, 5) is 21.0. The molecule has 0 heterocycles. The van der Waals surface area contributed by atoms with Gasteiger partial charge in [0.05, 0.1) is 4.92 Å². The van der Waals surface area contributed by atoms with Gasteiger partial charge in [-0.25, -0.2) is 0 Å². The molecule has 0 amide bonds. The smallest absolute Gasteiger partial charge is 0.310 e. The molecule has 0 aliphatic carbocycles. The van der Waals surface area contributed by atoms with E-state index in [0.717, 1.165) is 12.1 Å². The minimum atomic E-state index is -0.716. The second-order valence-electron chi connectivity index (χ2n) is 2.92. The summed E-state index contributed by atoms with van der Waals surface area (Å²) < 4.78 is 0. The molecule has 0 fully saturated rings. The van der Waals surface area contributed by atoms with Crippen molar-refractivity contribution >= 4 is 11.5 Å². The Bertz CT molecular complexity index is 403. The van der Waals surface area contributed by atoms with Crippen LogP contribution in [0.2, 0.25) is 0 Å². The Kier molecular flexibility index (Phi) is 3.35. The van der Waals surface area contributed by atoms with Gasteiger partial charge < -0.3 is 10.8 Å².